The van der Waals surface area contributed by atoms with Gasteiger partial charge in [0.05, 0.1) is 16.7 Å². The minimum Gasteiger partial charge on any atom is -0.493 e. The molecule has 0 aliphatic carbocycles. The summed E-state index contributed by atoms with van der Waals surface area (Å²) in [4.78, 5) is 12.5. The summed E-state index contributed by atoms with van der Waals surface area (Å²) in [7, 11) is 3.47. The molecule has 2 N–H and O–H groups in total. The van der Waals surface area contributed by atoms with E-state index in [1.807, 2.05) is 42.5 Å². The highest BCUT2D eigenvalue weighted by Crippen LogP contribution is 2.39. The Morgan fingerprint density at radius 1 is 0.676 bits per heavy atom. The van der Waals surface area contributed by atoms with E-state index in [0.29, 0.717) is 22.3 Å². The molecule has 9 heteroatoms. The second-order valence-corrected chi connectivity index (χ2v) is 7.75. The van der Waals surface area contributed by atoms with Gasteiger partial charge < -0.3 is 19.3 Å². The van der Waals surface area contributed by atoms with Gasteiger partial charge in [0.1, 0.15) is 0 Å². The quantitative estimate of drug-likeness (QED) is 0.306. The van der Waals surface area contributed by atoms with E-state index in [-0.39, 0.29) is 17.4 Å². The van der Waals surface area contributed by atoms with Crippen molar-refractivity contribution in [2.45, 2.75) is 0 Å². The molecule has 168 valence electrons. The molecule has 0 bridgehead atoms. The zero-order chi connectivity index (χ0) is 23.8. The summed E-state index contributed by atoms with van der Waals surface area (Å²) >= 11 is 0. The topological polar surface area (TPSA) is 117 Å². The molecule has 2 aromatic heterocycles. The van der Waals surface area contributed by atoms with Crippen molar-refractivity contribution in [3.8, 4) is 11.8 Å². The number of aryl methyl sites for hydroxylation is 2. The zero-order valence-electron chi connectivity index (χ0n) is 18.4. The number of hydrogen-bond acceptors (Lipinski definition) is 6. The van der Waals surface area contributed by atoms with E-state index in [1.54, 1.807) is 53.6 Å². The molecule has 0 unspecified atom stereocenters. The third kappa shape index (κ3) is 3.49. The molecular weight excluding hydrogens is 432 g/mol. The van der Waals surface area contributed by atoms with Crippen LogP contribution in [-0.4, -0.2) is 25.3 Å². The molecule has 0 fully saturated rings. The Morgan fingerprint density at radius 2 is 1.18 bits per heavy atom. The summed E-state index contributed by atoms with van der Waals surface area (Å²) in [5, 5.41) is 38.4. The fourth-order valence-corrected chi connectivity index (χ4v) is 3.85. The van der Waals surface area contributed by atoms with Crippen LogP contribution in [0.2, 0.25) is 0 Å². The van der Waals surface area contributed by atoms with E-state index in [2.05, 4.69) is 20.5 Å². The van der Waals surface area contributed by atoms with Crippen LogP contribution in [0.3, 0.4) is 0 Å². The molecular formula is C25H20N6O3. The predicted octanol–water partition coefficient (Wildman–Crippen LogP) is 6.42. The largest absolute Gasteiger partial charge is 0.493 e. The van der Waals surface area contributed by atoms with Gasteiger partial charge in [0.2, 0.25) is 11.8 Å². The molecule has 5 aromatic rings. The summed E-state index contributed by atoms with van der Waals surface area (Å²) in [6.07, 6.45) is 0. The van der Waals surface area contributed by atoms with E-state index in [9.17, 15) is 15.0 Å². The highest BCUT2D eigenvalue weighted by molar-refractivity contribution is 5.97. The van der Waals surface area contributed by atoms with Crippen molar-refractivity contribution < 1.29 is 15.0 Å². The lowest BCUT2D eigenvalue weighted by atomic mass is 10.2. The number of benzene rings is 3. The predicted molar refractivity (Wildman–Crippen MR) is 129 cm³/mol. The molecule has 0 saturated heterocycles. The number of nitrogens with zero attached hydrogens (tertiary/aromatic N) is 6. The van der Waals surface area contributed by atoms with Crippen molar-refractivity contribution in [1.82, 2.24) is 9.13 Å². The first kappa shape index (κ1) is 21.1. The smallest absolute Gasteiger partial charge is 0.295 e. The van der Waals surface area contributed by atoms with E-state index < -0.39 is 5.91 Å². The van der Waals surface area contributed by atoms with Crippen molar-refractivity contribution >= 4 is 44.8 Å². The number of carbonyl (C=O) groups excluding carboxylic acids is 1. The fraction of sp³-hybridized carbons (Fsp3) is 0.0800. The van der Waals surface area contributed by atoms with Crippen LogP contribution in [0.15, 0.2) is 93.3 Å². The zero-order valence-corrected chi connectivity index (χ0v) is 18.4. The summed E-state index contributed by atoms with van der Waals surface area (Å²) in [6, 6.07) is 21.2. The minimum atomic E-state index is -0.553. The monoisotopic (exact) mass is 452 g/mol. The first-order chi connectivity index (χ1) is 16.5. The lowest BCUT2D eigenvalue weighted by Gasteiger charge is -1.97. The molecule has 9 nitrogen and oxygen atoms in total. The maximum atomic E-state index is 12.5. The van der Waals surface area contributed by atoms with E-state index >= 15 is 0 Å². The number of fused-ring (bicyclic) bond motifs is 2. The van der Waals surface area contributed by atoms with Gasteiger partial charge in [-0.25, -0.2) is 0 Å². The number of azo groups is 2. The lowest BCUT2D eigenvalue weighted by molar-refractivity contribution is 0.0995. The average Bonchev–Trinajstić information content (AvgIpc) is 3.26. The van der Waals surface area contributed by atoms with Gasteiger partial charge in [0, 0.05) is 30.4 Å². The van der Waals surface area contributed by atoms with Crippen LogP contribution in [0.25, 0.3) is 21.8 Å². The third-order valence-corrected chi connectivity index (χ3v) is 5.72. The van der Waals surface area contributed by atoms with Crippen LogP contribution >= 0.6 is 0 Å². The Balaban J connectivity index is 1.37. The Morgan fingerprint density at radius 3 is 1.74 bits per heavy atom. The molecule has 3 aromatic carbocycles. The molecule has 1 amide bonds. The van der Waals surface area contributed by atoms with Crippen LogP contribution in [0.5, 0.6) is 11.8 Å². The van der Waals surface area contributed by atoms with Crippen molar-refractivity contribution in [2.75, 3.05) is 0 Å². The molecule has 0 aliphatic rings. The highest BCUT2D eigenvalue weighted by atomic mass is 16.3. The van der Waals surface area contributed by atoms with Crippen LogP contribution < -0.4 is 0 Å². The molecule has 34 heavy (non-hydrogen) atoms. The van der Waals surface area contributed by atoms with Gasteiger partial charge >= 0.3 is 0 Å². The minimum absolute atomic E-state index is 0.0221. The van der Waals surface area contributed by atoms with Crippen molar-refractivity contribution in [2.24, 2.45) is 34.6 Å². The van der Waals surface area contributed by atoms with Crippen molar-refractivity contribution in [3.05, 3.63) is 78.4 Å². The fourth-order valence-electron chi connectivity index (χ4n) is 3.85. The van der Waals surface area contributed by atoms with E-state index in [1.165, 1.54) is 0 Å². The molecule has 5 rings (SSSR count). The Kier molecular flexibility index (Phi) is 5.14. The first-order valence-corrected chi connectivity index (χ1v) is 10.5. The van der Waals surface area contributed by atoms with Crippen LogP contribution in [-0.2, 0) is 14.1 Å². The second-order valence-electron chi connectivity index (χ2n) is 7.75. The molecule has 0 spiro atoms. The SMILES string of the molecule is Cn1c(O)c(N=NC(=O)c2ccc(N=Nc3c(O)n(C)c4ccccc34)cc2)c2ccccc21. The summed E-state index contributed by atoms with van der Waals surface area (Å²) in [5.41, 5.74) is 3.07. The number of hydrogen-bond donors (Lipinski definition) is 2. The van der Waals surface area contributed by atoms with Gasteiger partial charge in [-0.15, -0.1) is 15.3 Å². The summed E-state index contributed by atoms with van der Waals surface area (Å²) < 4.78 is 3.23. The molecule has 0 radical (unpaired) electrons. The van der Waals surface area contributed by atoms with Crippen molar-refractivity contribution in [3.63, 3.8) is 0 Å². The summed E-state index contributed by atoms with van der Waals surface area (Å²) in [6.45, 7) is 0. The number of amides is 1. The number of aromatic nitrogens is 2. The third-order valence-electron chi connectivity index (χ3n) is 5.72. The molecule has 0 saturated carbocycles. The highest BCUT2D eigenvalue weighted by Gasteiger charge is 2.15. The first-order valence-electron chi connectivity index (χ1n) is 10.5. The van der Waals surface area contributed by atoms with Gasteiger partial charge in [-0.05, 0) is 36.4 Å². The number of para-hydroxylation sites is 2. The van der Waals surface area contributed by atoms with E-state index in [4.69, 9.17) is 0 Å². The van der Waals surface area contributed by atoms with Gasteiger partial charge in [-0.2, -0.15) is 5.11 Å². The molecule has 2 heterocycles. The molecule has 0 atom stereocenters. The second kappa shape index (κ2) is 8.28. The average molecular weight is 452 g/mol. The van der Waals surface area contributed by atoms with Gasteiger partial charge in [-0.1, -0.05) is 36.4 Å². The maximum absolute atomic E-state index is 12.5. The van der Waals surface area contributed by atoms with Crippen LogP contribution in [0.1, 0.15) is 10.4 Å². The number of rotatable bonds is 4. The lowest BCUT2D eigenvalue weighted by Crippen LogP contribution is -1.92. The summed E-state index contributed by atoms with van der Waals surface area (Å²) in [5.74, 6) is -0.596. The van der Waals surface area contributed by atoms with Gasteiger partial charge in [0.25, 0.3) is 5.91 Å². The number of carbonyl (C=O) groups is 1. The number of aromatic hydroxyl groups is 2. The van der Waals surface area contributed by atoms with Crippen molar-refractivity contribution in [1.29, 1.82) is 0 Å². The van der Waals surface area contributed by atoms with Gasteiger partial charge in [-0.3, -0.25) is 4.79 Å². The van der Waals surface area contributed by atoms with Gasteiger partial charge in [0.15, 0.2) is 11.4 Å². The van der Waals surface area contributed by atoms with Crippen LogP contribution in [0.4, 0.5) is 17.1 Å². The van der Waals surface area contributed by atoms with E-state index in [0.717, 1.165) is 16.4 Å². The standard InChI is InChI=1S/C25H20N6O3/c1-30-19-9-5-3-7-17(19)21(24(30)33)27-26-16-13-11-15(12-14-16)23(32)29-28-22-18-8-4-6-10-20(18)31(2)25(22)34/h3-14,33-34H,1-2H3. The Labute approximate surface area is 193 Å². The normalized spacial score (nSPS) is 11.9. The molecule has 0 aliphatic heterocycles. The Bertz CT molecular complexity index is 1610. The maximum Gasteiger partial charge on any atom is 0.295 e. The van der Waals surface area contributed by atoms with Crippen LogP contribution in [0, 0.1) is 0 Å². The Hall–Kier alpha value is -4.79.